The molecule has 1 saturated carbocycles. The van der Waals surface area contributed by atoms with Crippen molar-refractivity contribution in [3.05, 3.63) is 15.9 Å². The number of hydrogen-bond acceptors (Lipinski definition) is 3. The zero-order valence-electron chi connectivity index (χ0n) is 14.0. The zero-order chi connectivity index (χ0) is 15.6. The molecule has 21 heavy (non-hydrogen) atoms. The lowest BCUT2D eigenvalue weighted by atomic mass is 9.75. The maximum Gasteiger partial charge on any atom is 0.0739 e. The van der Waals surface area contributed by atoms with Crippen molar-refractivity contribution in [2.24, 2.45) is 13.0 Å². The standard InChI is InChI=1S/C16H29BrN4/c1-12-7-6-8-16(9-12,20(3)4)11-18-10-14-15(17)13(2)19-21(14)5/h12,18H,6-11H2,1-5H3. The van der Waals surface area contributed by atoms with Crippen molar-refractivity contribution >= 4 is 15.9 Å². The molecule has 1 aromatic rings. The summed E-state index contributed by atoms with van der Waals surface area (Å²) in [7, 11) is 6.47. The van der Waals surface area contributed by atoms with Gasteiger partial charge < -0.3 is 10.2 Å². The van der Waals surface area contributed by atoms with Crippen molar-refractivity contribution in [1.82, 2.24) is 20.0 Å². The fourth-order valence-electron chi connectivity index (χ4n) is 3.64. The van der Waals surface area contributed by atoms with Crippen LogP contribution in [0.4, 0.5) is 0 Å². The molecule has 0 saturated heterocycles. The lowest BCUT2D eigenvalue weighted by Gasteiger charge is -2.45. The highest BCUT2D eigenvalue weighted by atomic mass is 79.9. The molecule has 1 aromatic heterocycles. The summed E-state index contributed by atoms with van der Waals surface area (Å²) in [6, 6.07) is 0. The molecule has 1 N–H and O–H groups in total. The average Bonchev–Trinajstić information content (AvgIpc) is 2.65. The van der Waals surface area contributed by atoms with Crippen LogP contribution in [0.1, 0.15) is 44.0 Å². The molecule has 1 aliphatic rings. The second kappa shape index (κ2) is 6.80. The van der Waals surface area contributed by atoms with Crippen molar-refractivity contribution in [2.75, 3.05) is 20.6 Å². The topological polar surface area (TPSA) is 33.1 Å². The summed E-state index contributed by atoms with van der Waals surface area (Å²) in [4.78, 5) is 2.43. The van der Waals surface area contributed by atoms with Gasteiger partial charge in [0.2, 0.25) is 0 Å². The van der Waals surface area contributed by atoms with E-state index in [0.29, 0.717) is 5.54 Å². The van der Waals surface area contributed by atoms with Gasteiger partial charge in [-0.25, -0.2) is 0 Å². The quantitative estimate of drug-likeness (QED) is 0.879. The fourth-order valence-corrected chi connectivity index (χ4v) is 4.12. The van der Waals surface area contributed by atoms with Gasteiger partial charge in [-0.1, -0.05) is 19.8 Å². The van der Waals surface area contributed by atoms with E-state index < -0.39 is 0 Å². The van der Waals surface area contributed by atoms with Crippen LogP contribution in [-0.4, -0.2) is 40.9 Å². The lowest BCUT2D eigenvalue weighted by Crippen LogP contribution is -2.54. The van der Waals surface area contributed by atoms with E-state index in [4.69, 9.17) is 0 Å². The van der Waals surface area contributed by atoms with Gasteiger partial charge in [-0.2, -0.15) is 5.10 Å². The van der Waals surface area contributed by atoms with Gasteiger partial charge in [0, 0.05) is 25.7 Å². The molecule has 120 valence electrons. The average molecular weight is 357 g/mol. The minimum Gasteiger partial charge on any atom is -0.309 e. The highest BCUT2D eigenvalue weighted by Crippen LogP contribution is 2.35. The fraction of sp³-hybridized carbons (Fsp3) is 0.812. The molecule has 4 nitrogen and oxygen atoms in total. The second-order valence-electron chi connectivity index (χ2n) is 6.89. The van der Waals surface area contributed by atoms with Crippen LogP contribution in [0.15, 0.2) is 4.47 Å². The van der Waals surface area contributed by atoms with E-state index in [1.807, 2.05) is 18.7 Å². The molecule has 0 amide bonds. The highest BCUT2D eigenvalue weighted by molar-refractivity contribution is 9.10. The van der Waals surface area contributed by atoms with Crippen molar-refractivity contribution in [1.29, 1.82) is 0 Å². The Labute approximate surface area is 137 Å². The van der Waals surface area contributed by atoms with E-state index in [1.54, 1.807) is 0 Å². The summed E-state index contributed by atoms with van der Waals surface area (Å²) in [5, 5.41) is 8.14. The lowest BCUT2D eigenvalue weighted by molar-refractivity contribution is 0.0748. The maximum atomic E-state index is 4.46. The second-order valence-corrected chi connectivity index (χ2v) is 7.69. The molecule has 1 aliphatic carbocycles. The Balaban J connectivity index is 2.00. The predicted octanol–water partition coefficient (Wildman–Crippen LogP) is 3.09. The monoisotopic (exact) mass is 356 g/mol. The normalized spacial score (nSPS) is 26.5. The van der Waals surface area contributed by atoms with Crippen LogP contribution >= 0.6 is 15.9 Å². The van der Waals surface area contributed by atoms with Gasteiger partial charge in [-0.3, -0.25) is 4.68 Å². The third kappa shape index (κ3) is 3.69. The van der Waals surface area contributed by atoms with Crippen molar-refractivity contribution in [3.63, 3.8) is 0 Å². The molecule has 0 spiro atoms. The summed E-state index contributed by atoms with van der Waals surface area (Å²) >= 11 is 3.65. The Hall–Kier alpha value is -0.390. The number of halogens is 1. The Bertz CT molecular complexity index is 483. The van der Waals surface area contributed by atoms with Crippen LogP contribution in [0.25, 0.3) is 0 Å². The molecule has 1 heterocycles. The Morgan fingerprint density at radius 2 is 2.19 bits per heavy atom. The van der Waals surface area contributed by atoms with Crippen LogP contribution in [0.2, 0.25) is 0 Å². The zero-order valence-corrected chi connectivity index (χ0v) is 15.6. The summed E-state index contributed by atoms with van der Waals surface area (Å²) < 4.78 is 3.10. The summed E-state index contributed by atoms with van der Waals surface area (Å²) in [6.45, 7) is 6.33. The van der Waals surface area contributed by atoms with E-state index in [0.717, 1.165) is 29.2 Å². The van der Waals surface area contributed by atoms with E-state index >= 15 is 0 Å². The number of likely N-dealkylation sites (N-methyl/N-ethyl adjacent to an activating group) is 1. The number of aromatic nitrogens is 2. The minimum absolute atomic E-state index is 0.303. The van der Waals surface area contributed by atoms with E-state index in [2.05, 4.69) is 52.3 Å². The Morgan fingerprint density at radius 3 is 2.71 bits per heavy atom. The molecule has 2 rings (SSSR count). The highest BCUT2D eigenvalue weighted by Gasteiger charge is 2.36. The molecule has 0 aromatic carbocycles. The third-order valence-corrected chi connectivity index (χ3v) is 6.06. The van der Waals surface area contributed by atoms with Crippen LogP contribution < -0.4 is 5.32 Å². The van der Waals surface area contributed by atoms with Crippen LogP contribution in [0.5, 0.6) is 0 Å². The predicted molar refractivity (Wildman–Crippen MR) is 91.4 cm³/mol. The van der Waals surface area contributed by atoms with Crippen molar-refractivity contribution < 1.29 is 0 Å². The Morgan fingerprint density at radius 1 is 1.48 bits per heavy atom. The SMILES string of the molecule is Cc1nn(C)c(CNCC2(N(C)C)CCCC(C)C2)c1Br. The van der Waals surface area contributed by atoms with Gasteiger partial charge in [0.25, 0.3) is 0 Å². The molecule has 2 atom stereocenters. The number of hydrogen-bond donors (Lipinski definition) is 1. The van der Waals surface area contributed by atoms with Crippen LogP contribution in [0, 0.1) is 12.8 Å². The minimum atomic E-state index is 0.303. The van der Waals surface area contributed by atoms with Gasteiger partial charge in [0.1, 0.15) is 0 Å². The molecular formula is C16H29BrN4. The van der Waals surface area contributed by atoms with Crippen molar-refractivity contribution in [3.8, 4) is 0 Å². The van der Waals surface area contributed by atoms with Crippen LogP contribution in [-0.2, 0) is 13.6 Å². The molecule has 0 aliphatic heterocycles. The van der Waals surface area contributed by atoms with Gasteiger partial charge in [0.15, 0.2) is 0 Å². The molecule has 5 heteroatoms. The molecule has 2 unspecified atom stereocenters. The third-order valence-electron chi connectivity index (χ3n) is 5.02. The Kier molecular flexibility index (Phi) is 5.49. The number of rotatable bonds is 5. The first-order chi connectivity index (χ1) is 9.85. The first-order valence-electron chi connectivity index (χ1n) is 7.92. The number of nitrogens with zero attached hydrogens (tertiary/aromatic N) is 3. The molecule has 1 fully saturated rings. The van der Waals surface area contributed by atoms with Gasteiger partial charge in [-0.05, 0) is 55.7 Å². The van der Waals surface area contributed by atoms with Gasteiger partial charge in [0.05, 0.1) is 15.9 Å². The first-order valence-corrected chi connectivity index (χ1v) is 8.71. The van der Waals surface area contributed by atoms with Crippen molar-refractivity contribution in [2.45, 2.75) is 51.6 Å². The molecular weight excluding hydrogens is 328 g/mol. The van der Waals surface area contributed by atoms with E-state index in [9.17, 15) is 0 Å². The van der Waals surface area contributed by atoms with Gasteiger partial charge >= 0.3 is 0 Å². The summed E-state index contributed by atoms with van der Waals surface area (Å²) in [5.74, 6) is 0.827. The van der Waals surface area contributed by atoms with Crippen LogP contribution in [0.3, 0.4) is 0 Å². The number of nitrogens with one attached hydrogen (secondary N) is 1. The summed E-state index contributed by atoms with van der Waals surface area (Å²) in [5.41, 5.74) is 2.59. The first kappa shape index (κ1) is 17.0. The van der Waals surface area contributed by atoms with Gasteiger partial charge in [-0.15, -0.1) is 0 Å². The van der Waals surface area contributed by atoms with E-state index in [1.165, 1.54) is 31.4 Å². The smallest absolute Gasteiger partial charge is 0.0739 e. The summed E-state index contributed by atoms with van der Waals surface area (Å²) in [6.07, 6.45) is 5.30. The largest absolute Gasteiger partial charge is 0.309 e. The molecule has 0 bridgehead atoms. The van der Waals surface area contributed by atoms with E-state index in [-0.39, 0.29) is 0 Å². The maximum absolute atomic E-state index is 4.46. The number of aryl methyl sites for hydroxylation is 2. The molecule has 0 radical (unpaired) electrons.